The zero-order chi connectivity index (χ0) is 13.5. The summed E-state index contributed by atoms with van der Waals surface area (Å²) in [6.07, 6.45) is 2.25. The molecule has 2 aromatic carbocycles. The van der Waals surface area contributed by atoms with Crippen LogP contribution in [0.4, 0.5) is 0 Å². The number of hydrogen-bond donors (Lipinski definition) is 1. The third kappa shape index (κ3) is 4.38. The highest BCUT2D eigenvalue weighted by Crippen LogP contribution is 2.21. The van der Waals surface area contributed by atoms with Gasteiger partial charge in [-0.3, -0.25) is 0 Å². The maximum absolute atomic E-state index is 6.19. The third-order valence-electron chi connectivity index (χ3n) is 3.31. The first-order valence-corrected chi connectivity index (χ1v) is 7.17. The fourth-order valence-electron chi connectivity index (χ4n) is 2.19. The van der Waals surface area contributed by atoms with Crippen molar-refractivity contribution in [3.05, 3.63) is 70.7 Å². The molecule has 1 N–H and O–H groups in total. The fraction of sp³-hybridized carbons (Fsp3) is 0.294. The number of benzene rings is 2. The molecule has 2 aromatic rings. The van der Waals surface area contributed by atoms with Gasteiger partial charge in [-0.1, -0.05) is 60.1 Å². The van der Waals surface area contributed by atoms with Gasteiger partial charge in [-0.15, -0.1) is 0 Å². The van der Waals surface area contributed by atoms with Crippen LogP contribution in [-0.2, 0) is 6.42 Å². The molecular weight excluding hydrogens is 254 g/mol. The van der Waals surface area contributed by atoms with Crippen molar-refractivity contribution in [1.82, 2.24) is 5.32 Å². The van der Waals surface area contributed by atoms with E-state index in [0.29, 0.717) is 6.04 Å². The second-order valence-corrected chi connectivity index (χ2v) is 5.19. The summed E-state index contributed by atoms with van der Waals surface area (Å²) in [5, 5.41) is 4.36. The molecule has 0 fully saturated rings. The van der Waals surface area contributed by atoms with E-state index in [1.165, 1.54) is 11.1 Å². The molecule has 100 valence electrons. The lowest BCUT2D eigenvalue weighted by atomic mass is 10.1. The molecule has 0 saturated heterocycles. The molecule has 0 bridgehead atoms. The molecule has 1 nitrogen and oxygen atoms in total. The fourth-order valence-corrected chi connectivity index (χ4v) is 2.49. The predicted octanol–water partition coefficient (Wildman–Crippen LogP) is 4.62. The summed E-state index contributed by atoms with van der Waals surface area (Å²) < 4.78 is 0. The first-order valence-electron chi connectivity index (χ1n) is 6.79. The minimum atomic E-state index is 0.296. The molecule has 0 unspecified atom stereocenters. The molecule has 0 heterocycles. The molecule has 2 rings (SSSR count). The van der Waals surface area contributed by atoms with Crippen LogP contribution in [0.5, 0.6) is 0 Å². The highest BCUT2D eigenvalue weighted by molar-refractivity contribution is 6.31. The normalized spacial score (nSPS) is 12.3. The lowest BCUT2D eigenvalue weighted by Gasteiger charge is -2.15. The summed E-state index contributed by atoms with van der Waals surface area (Å²) in [5.74, 6) is 0. The van der Waals surface area contributed by atoms with Crippen LogP contribution in [0.2, 0.25) is 5.02 Å². The topological polar surface area (TPSA) is 12.0 Å². The molecule has 0 amide bonds. The SMILES string of the molecule is C[C@@H](NCCCc1ccccc1)c1ccccc1Cl. The summed E-state index contributed by atoms with van der Waals surface area (Å²) in [6.45, 7) is 3.16. The van der Waals surface area contributed by atoms with Crippen molar-refractivity contribution < 1.29 is 0 Å². The molecule has 2 heteroatoms. The highest BCUT2D eigenvalue weighted by Gasteiger charge is 2.07. The van der Waals surface area contributed by atoms with E-state index >= 15 is 0 Å². The van der Waals surface area contributed by atoms with Gasteiger partial charge in [0.2, 0.25) is 0 Å². The lowest BCUT2D eigenvalue weighted by Crippen LogP contribution is -2.20. The Bertz CT molecular complexity index is 496. The molecule has 0 aromatic heterocycles. The Balaban J connectivity index is 1.76. The van der Waals surface area contributed by atoms with Crippen LogP contribution >= 0.6 is 11.6 Å². The number of nitrogens with one attached hydrogen (secondary N) is 1. The highest BCUT2D eigenvalue weighted by atomic mass is 35.5. The Labute approximate surface area is 120 Å². The van der Waals surface area contributed by atoms with Gasteiger partial charge in [-0.2, -0.15) is 0 Å². The smallest absolute Gasteiger partial charge is 0.0453 e. The van der Waals surface area contributed by atoms with Crippen molar-refractivity contribution >= 4 is 11.6 Å². The Morgan fingerprint density at radius 3 is 2.42 bits per heavy atom. The number of halogens is 1. The molecule has 0 aliphatic carbocycles. The van der Waals surface area contributed by atoms with Crippen LogP contribution in [0, 0.1) is 0 Å². The second kappa shape index (κ2) is 7.32. The van der Waals surface area contributed by atoms with E-state index < -0.39 is 0 Å². The van der Waals surface area contributed by atoms with E-state index in [1.54, 1.807) is 0 Å². The van der Waals surface area contributed by atoms with Crippen LogP contribution < -0.4 is 5.32 Å². The first-order chi connectivity index (χ1) is 9.27. The number of rotatable bonds is 6. The first kappa shape index (κ1) is 14.1. The maximum atomic E-state index is 6.19. The van der Waals surface area contributed by atoms with Crippen molar-refractivity contribution in [2.75, 3.05) is 6.54 Å². The Hall–Kier alpha value is -1.31. The zero-order valence-electron chi connectivity index (χ0n) is 11.3. The predicted molar refractivity (Wildman–Crippen MR) is 82.6 cm³/mol. The Morgan fingerprint density at radius 2 is 1.68 bits per heavy atom. The Morgan fingerprint density at radius 1 is 1.00 bits per heavy atom. The van der Waals surface area contributed by atoms with Crippen molar-refractivity contribution in [2.24, 2.45) is 0 Å². The van der Waals surface area contributed by atoms with Crippen molar-refractivity contribution in [3.8, 4) is 0 Å². The van der Waals surface area contributed by atoms with Gasteiger partial charge in [0.05, 0.1) is 0 Å². The van der Waals surface area contributed by atoms with Crippen molar-refractivity contribution in [2.45, 2.75) is 25.8 Å². The van der Waals surface area contributed by atoms with Gasteiger partial charge in [0, 0.05) is 11.1 Å². The van der Waals surface area contributed by atoms with Crippen molar-refractivity contribution in [1.29, 1.82) is 0 Å². The molecule has 0 radical (unpaired) electrons. The van der Waals surface area contributed by atoms with Gasteiger partial charge in [0.15, 0.2) is 0 Å². The molecule has 0 aliphatic heterocycles. The minimum Gasteiger partial charge on any atom is -0.310 e. The van der Waals surface area contributed by atoms with Crippen LogP contribution in [0.25, 0.3) is 0 Å². The summed E-state index contributed by atoms with van der Waals surface area (Å²) in [5.41, 5.74) is 2.57. The average Bonchev–Trinajstić information content (AvgIpc) is 2.45. The van der Waals surface area contributed by atoms with E-state index in [2.05, 4.69) is 48.6 Å². The second-order valence-electron chi connectivity index (χ2n) is 4.79. The van der Waals surface area contributed by atoms with E-state index in [0.717, 1.165) is 24.4 Å². The van der Waals surface area contributed by atoms with Gasteiger partial charge >= 0.3 is 0 Å². The molecule has 1 atom stereocenters. The molecule has 0 aliphatic rings. The summed E-state index contributed by atoms with van der Waals surface area (Å²) in [6, 6.07) is 18.9. The quantitative estimate of drug-likeness (QED) is 0.757. The van der Waals surface area contributed by atoms with Crippen LogP contribution in [0.1, 0.15) is 30.5 Å². The van der Waals surface area contributed by atoms with Gasteiger partial charge in [-0.25, -0.2) is 0 Å². The Kier molecular flexibility index (Phi) is 5.44. The third-order valence-corrected chi connectivity index (χ3v) is 3.65. The van der Waals surface area contributed by atoms with Crippen molar-refractivity contribution in [3.63, 3.8) is 0 Å². The minimum absolute atomic E-state index is 0.296. The van der Waals surface area contributed by atoms with Gasteiger partial charge < -0.3 is 5.32 Å². The van der Waals surface area contributed by atoms with E-state index in [1.807, 2.05) is 18.2 Å². The van der Waals surface area contributed by atoms with Gasteiger partial charge in [0.25, 0.3) is 0 Å². The van der Waals surface area contributed by atoms with Gasteiger partial charge in [-0.05, 0) is 43.5 Å². The largest absolute Gasteiger partial charge is 0.310 e. The van der Waals surface area contributed by atoms with E-state index in [-0.39, 0.29) is 0 Å². The van der Waals surface area contributed by atoms with E-state index in [9.17, 15) is 0 Å². The number of hydrogen-bond acceptors (Lipinski definition) is 1. The summed E-state index contributed by atoms with van der Waals surface area (Å²) >= 11 is 6.19. The molecule has 0 spiro atoms. The molecule has 0 saturated carbocycles. The number of aryl methyl sites for hydroxylation is 1. The maximum Gasteiger partial charge on any atom is 0.0453 e. The monoisotopic (exact) mass is 273 g/mol. The summed E-state index contributed by atoms with van der Waals surface area (Å²) in [7, 11) is 0. The van der Waals surface area contributed by atoms with Crippen LogP contribution in [0.3, 0.4) is 0 Å². The zero-order valence-corrected chi connectivity index (χ0v) is 12.0. The standard InChI is InChI=1S/C17H20ClN/c1-14(16-11-5-6-12-17(16)18)19-13-7-10-15-8-3-2-4-9-15/h2-6,8-9,11-12,14,19H,7,10,13H2,1H3/t14-/m1/s1. The molecule has 19 heavy (non-hydrogen) atoms. The van der Waals surface area contributed by atoms with E-state index in [4.69, 9.17) is 11.6 Å². The molecular formula is C17H20ClN. The average molecular weight is 274 g/mol. The summed E-state index contributed by atoms with van der Waals surface area (Å²) in [4.78, 5) is 0. The van der Waals surface area contributed by atoms with Gasteiger partial charge in [0.1, 0.15) is 0 Å². The van der Waals surface area contributed by atoms with Crippen LogP contribution in [-0.4, -0.2) is 6.54 Å². The van der Waals surface area contributed by atoms with Crippen LogP contribution in [0.15, 0.2) is 54.6 Å². The lowest BCUT2D eigenvalue weighted by molar-refractivity contribution is 0.558.